The first-order chi connectivity index (χ1) is 21.9. The van der Waals surface area contributed by atoms with Gasteiger partial charge in [0.15, 0.2) is 0 Å². The fraction of sp³-hybridized carbons (Fsp3) is 0.737. The summed E-state index contributed by atoms with van der Waals surface area (Å²) in [5.74, 6) is 4.16. The highest BCUT2D eigenvalue weighted by Gasteiger charge is 2.59. The topological polar surface area (TPSA) is 133 Å². The standard InChI is InChI=1S/C27H46O.C9H12N2O3S.C2H4O2/c1-18(2)7-6-8-19(3)23-11-12-24-22-10-9-20-17-21(28)13-15-26(20,4)25(22)14-16-27(23,24)5;1-7-3-5-9(6-4-7)15(13,14)11-10-8(2)12;1-2(3)4/h9,18-19,21-25,28H,6-8,10-17H2,1-5H3;3-6,11H,1-2H3,(H,10,12);1H3,(H,3,4)/t19?,21-,22-,23+,24-,25-,26-,27+;;/m0../s1. The predicted octanol–water partition coefficient (Wildman–Crippen LogP) is 7.80. The van der Waals surface area contributed by atoms with Crippen LogP contribution < -0.4 is 10.3 Å². The maximum Gasteiger partial charge on any atom is 0.300 e. The molecule has 3 saturated carbocycles. The molecule has 3 fully saturated rings. The fourth-order valence-electron chi connectivity index (χ4n) is 9.58. The van der Waals surface area contributed by atoms with E-state index in [1.807, 2.05) is 17.2 Å². The Morgan fingerprint density at radius 2 is 1.60 bits per heavy atom. The molecule has 1 aromatic rings. The van der Waals surface area contributed by atoms with E-state index in [0.717, 1.165) is 60.8 Å². The third kappa shape index (κ3) is 9.91. The molecule has 4 N–H and O–H groups in total. The van der Waals surface area contributed by atoms with Crippen LogP contribution in [0.5, 0.6) is 0 Å². The lowest BCUT2D eigenvalue weighted by atomic mass is 9.47. The van der Waals surface area contributed by atoms with Crippen molar-refractivity contribution in [3.05, 3.63) is 41.5 Å². The van der Waals surface area contributed by atoms with Gasteiger partial charge < -0.3 is 10.2 Å². The Hall–Kier alpha value is -2.23. The SMILES string of the molecule is CC(=O)NNS(=O)(=O)c1ccc(C)cc1.CC(=O)O.CC(C)CCCC(C)[C@H]1CC[C@H]2[C@@H]3CC=C4C[C@@H](O)CC[C@]4(C)[C@H]3CC[C@]12C. The van der Waals surface area contributed by atoms with Gasteiger partial charge in [-0.05, 0) is 117 Å². The molecule has 0 bridgehead atoms. The van der Waals surface area contributed by atoms with Crippen molar-refractivity contribution in [2.45, 2.75) is 137 Å². The van der Waals surface area contributed by atoms with E-state index in [1.54, 1.807) is 17.7 Å². The van der Waals surface area contributed by atoms with Crippen molar-refractivity contribution in [2.75, 3.05) is 0 Å². The van der Waals surface area contributed by atoms with Crippen LogP contribution in [0.4, 0.5) is 0 Å². The van der Waals surface area contributed by atoms with Crippen molar-refractivity contribution >= 4 is 21.9 Å². The molecule has 5 rings (SSSR count). The minimum Gasteiger partial charge on any atom is -0.481 e. The Morgan fingerprint density at radius 1 is 0.957 bits per heavy atom. The van der Waals surface area contributed by atoms with Crippen LogP contribution in [0.2, 0.25) is 0 Å². The first-order valence-electron chi connectivity index (χ1n) is 17.8. The van der Waals surface area contributed by atoms with Gasteiger partial charge in [-0.1, -0.05) is 83.2 Å². The summed E-state index contributed by atoms with van der Waals surface area (Å²) >= 11 is 0. The van der Waals surface area contributed by atoms with E-state index in [0.29, 0.717) is 10.8 Å². The monoisotopic (exact) mass is 674 g/mol. The summed E-state index contributed by atoms with van der Waals surface area (Å²) in [5.41, 5.74) is 5.59. The summed E-state index contributed by atoms with van der Waals surface area (Å²) in [6.07, 6.45) is 17.2. The lowest BCUT2D eigenvalue weighted by molar-refractivity contribution is -0.134. The molecule has 8 atom stereocenters. The molecule has 266 valence electrons. The van der Waals surface area contributed by atoms with Crippen molar-refractivity contribution in [1.29, 1.82) is 0 Å². The van der Waals surface area contributed by atoms with E-state index in [1.165, 1.54) is 76.8 Å². The molecule has 0 heterocycles. The number of aliphatic hydroxyl groups is 1. The zero-order chi connectivity index (χ0) is 35.2. The fourth-order valence-corrected chi connectivity index (χ4v) is 10.5. The number of hydrogen-bond acceptors (Lipinski definition) is 5. The van der Waals surface area contributed by atoms with Gasteiger partial charge in [-0.2, -0.15) is 0 Å². The molecule has 9 heteroatoms. The minimum atomic E-state index is -3.65. The van der Waals surface area contributed by atoms with Gasteiger partial charge in [0.05, 0.1) is 11.0 Å². The van der Waals surface area contributed by atoms with Crippen LogP contribution in [-0.4, -0.2) is 36.6 Å². The molecule has 1 amide bonds. The van der Waals surface area contributed by atoms with Crippen LogP contribution in [-0.2, 0) is 19.6 Å². The van der Waals surface area contributed by atoms with Crippen LogP contribution in [0, 0.1) is 53.3 Å². The summed E-state index contributed by atoms with van der Waals surface area (Å²) in [6.45, 7) is 16.7. The molecule has 4 aliphatic rings. The maximum absolute atomic E-state index is 11.5. The van der Waals surface area contributed by atoms with Crippen molar-refractivity contribution in [3.63, 3.8) is 0 Å². The van der Waals surface area contributed by atoms with Crippen molar-refractivity contribution < 1.29 is 28.2 Å². The molecule has 0 radical (unpaired) electrons. The number of amides is 1. The second-order valence-electron chi connectivity index (χ2n) is 15.8. The smallest absolute Gasteiger partial charge is 0.300 e. The zero-order valence-corrected chi connectivity index (χ0v) is 31.0. The summed E-state index contributed by atoms with van der Waals surface area (Å²) in [7, 11) is -3.65. The number of hydrazine groups is 1. The number of benzene rings is 1. The number of sulfonamides is 1. The average molecular weight is 675 g/mol. The Kier molecular flexibility index (Phi) is 13.7. The Balaban J connectivity index is 0.000000266. The number of rotatable bonds is 8. The van der Waals surface area contributed by atoms with Gasteiger partial charge in [-0.3, -0.25) is 15.0 Å². The van der Waals surface area contributed by atoms with Crippen LogP contribution in [0.25, 0.3) is 0 Å². The van der Waals surface area contributed by atoms with Gasteiger partial charge in [0.1, 0.15) is 0 Å². The lowest BCUT2D eigenvalue weighted by Gasteiger charge is -2.58. The van der Waals surface area contributed by atoms with Crippen LogP contribution in [0.15, 0.2) is 40.8 Å². The average Bonchev–Trinajstić information content (AvgIpc) is 3.34. The van der Waals surface area contributed by atoms with Crippen LogP contribution in [0.1, 0.15) is 125 Å². The summed E-state index contributed by atoms with van der Waals surface area (Å²) in [5, 5.41) is 17.6. The highest BCUT2D eigenvalue weighted by atomic mass is 32.2. The Bertz CT molecular complexity index is 1340. The molecule has 0 spiro atoms. The van der Waals surface area contributed by atoms with E-state index in [9.17, 15) is 18.3 Å². The quantitative estimate of drug-likeness (QED) is 0.164. The van der Waals surface area contributed by atoms with Gasteiger partial charge in [0.25, 0.3) is 16.0 Å². The van der Waals surface area contributed by atoms with Gasteiger partial charge in [0, 0.05) is 13.8 Å². The number of carboxylic acids is 1. The molecule has 47 heavy (non-hydrogen) atoms. The van der Waals surface area contributed by atoms with E-state index >= 15 is 0 Å². The van der Waals surface area contributed by atoms with E-state index < -0.39 is 21.9 Å². The number of aliphatic carboxylic acids is 1. The Morgan fingerprint density at radius 3 is 2.19 bits per heavy atom. The molecule has 8 nitrogen and oxygen atoms in total. The maximum atomic E-state index is 11.5. The minimum absolute atomic E-state index is 0.0766. The number of allylic oxidation sites excluding steroid dienone is 1. The number of fused-ring (bicyclic) bond motifs is 5. The Labute approximate surface area is 284 Å². The number of aryl methyl sites for hydroxylation is 1. The number of hydrogen-bond donors (Lipinski definition) is 4. The van der Waals surface area contributed by atoms with Gasteiger partial charge in [-0.15, -0.1) is 4.83 Å². The normalized spacial score (nSPS) is 31.8. The lowest BCUT2D eigenvalue weighted by Crippen LogP contribution is -2.50. The summed E-state index contributed by atoms with van der Waals surface area (Å²) < 4.78 is 23.0. The number of nitrogens with one attached hydrogen (secondary N) is 2. The molecule has 0 aliphatic heterocycles. The molecule has 1 unspecified atom stereocenters. The molecule has 1 aromatic carbocycles. The van der Waals surface area contributed by atoms with Crippen molar-refractivity contribution in [1.82, 2.24) is 10.3 Å². The van der Waals surface area contributed by atoms with Crippen LogP contribution in [0.3, 0.4) is 0 Å². The number of carboxylic acid groups (broad SMARTS) is 1. The summed E-state index contributed by atoms with van der Waals surface area (Å²) in [6, 6.07) is 6.31. The van der Waals surface area contributed by atoms with E-state index in [2.05, 4.69) is 40.7 Å². The molecular weight excluding hydrogens is 612 g/mol. The van der Waals surface area contributed by atoms with E-state index in [4.69, 9.17) is 9.90 Å². The largest absolute Gasteiger partial charge is 0.481 e. The van der Waals surface area contributed by atoms with Gasteiger partial charge in [0.2, 0.25) is 5.91 Å². The first kappa shape index (κ1) is 39.2. The van der Waals surface area contributed by atoms with Gasteiger partial charge >= 0.3 is 0 Å². The van der Waals surface area contributed by atoms with Gasteiger partial charge in [-0.25, -0.2) is 8.42 Å². The van der Waals surface area contributed by atoms with Crippen molar-refractivity contribution in [2.24, 2.45) is 46.3 Å². The second-order valence-corrected chi connectivity index (χ2v) is 17.5. The highest BCUT2D eigenvalue weighted by molar-refractivity contribution is 7.89. The third-order valence-electron chi connectivity index (χ3n) is 12.0. The molecule has 4 aliphatic carbocycles. The third-order valence-corrected chi connectivity index (χ3v) is 13.2. The number of aliphatic hydroxyl groups excluding tert-OH is 1. The summed E-state index contributed by atoms with van der Waals surface area (Å²) in [4.78, 5) is 21.6. The van der Waals surface area contributed by atoms with Crippen LogP contribution >= 0.6 is 0 Å². The number of carbonyl (C=O) groups is 2. The number of carbonyl (C=O) groups excluding carboxylic acids is 1. The highest BCUT2D eigenvalue weighted by Crippen LogP contribution is 2.67. The molecular formula is C38H62N2O6S. The first-order valence-corrected chi connectivity index (χ1v) is 19.3. The second kappa shape index (κ2) is 16.4. The zero-order valence-electron chi connectivity index (χ0n) is 30.1. The molecule has 0 saturated heterocycles. The predicted molar refractivity (Wildman–Crippen MR) is 188 cm³/mol. The molecule has 0 aromatic heterocycles. The van der Waals surface area contributed by atoms with Crippen molar-refractivity contribution in [3.8, 4) is 0 Å². The van der Waals surface area contributed by atoms with E-state index in [-0.39, 0.29) is 11.0 Å².